The molecule has 2 N–H and O–H groups in total. The highest BCUT2D eigenvalue weighted by atomic mass is 16.5. The number of rotatable bonds is 3. The van der Waals surface area contributed by atoms with E-state index in [1.54, 1.807) is 12.1 Å². The van der Waals surface area contributed by atoms with Gasteiger partial charge in [-0.05, 0) is 133 Å². The van der Waals surface area contributed by atoms with Gasteiger partial charge in [0.05, 0.1) is 0 Å². The van der Waals surface area contributed by atoms with Gasteiger partial charge in [0.15, 0.2) is 11.5 Å². The van der Waals surface area contributed by atoms with Gasteiger partial charge >= 0.3 is 5.97 Å². The molecule has 0 spiro atoms. The van der Waals surface area contributed by atoms with Crippen LogP contribution in [0.1, 0.15) is 125 Å². The highest BCUT2D eigenvalue weighted by Crippen LogP contribution is 2.75. The number of hydrogen-bond donors (Lipinski definition) is 2. The molecule has 8 atom stereocenters. The molecule has 6 rings (SSSR count). The molecule has 5 aliphatic rings. The molecule has 0 radical (unpaired) electrons. The lowest BCUT2D eigenvalue weighted by Crippen LogP contribution is -2.63. The standard InChI is InChI=1S/C39H56O4/c1-34(2)21-22-36(5)17-13-29-38(7)18-14-28-35(3,4)32(43-33(42)12-10-25-9-11-26(40)27(41)23-25)16-20-37(28,6)30(38)15-19-39(29,8)31(36)24-34/h9-13,23,28,30-32,40-41H,14-22,24H2,1-8H3/t28-,30+,31+,32-,36-,37-,38-,39+/m0/s1. The van der Waals surface area contributed by atoms with Crippen LogP contribution in [-0.4, -0.2) is 22.3 Å². The minimum atomic E-state index is -0.339. The van der Waals surface area contributed by atoms with Crippen molar-refractivity contribution in [3.05, 3.63) is 41.5 Å². The van der Waals surface area contributed by atoms with E-state index in [0.29, 0.717) is 33.6 Å². The second-order valence-electron chi connectivity index (χ2n) is 17.8. The van der Waals surface area contributed by atoms with E-state index in [1.807, 2.05) is 5.57 Å². The number of allylic oxidation sites excluding steroid dienone is 2. The summed E-state index contributed by atoms with van der Waals surface area (Å²) in [6, 6.07) is 4.54. The van der Waals surface area contributed by atoms with Crippen LogP contribution in [0.3, 0.4) is 0 Å². The summed E-state index contributed by atoms with van der Waals surface area (Å²) in [4.78, 5) is 13.0. The number of carbonyl (C=O) groups is 1. The third-order valence-corrected chi connectivity index (χ3v) is 14.4. The van der Waals surface area contributed by atoms with Gasteiger partial charge < -0.3 is 14.9 Å². The molecule has 0 aromatic heterocycles. The lowest BCUT2D eigenvalue weighted by atomic mass is 9.34. The van der Waals surface area contributed by atoms with Crippen molar-refractivity contribution >= 4 is 12.0 Å². The molecule has 0 saturated heterocycles. The van der Waals surface area contributed by atoms with Crippen molar-refractivity contribution in [2.75, 3.05) is 0 Å². The van der Waals surface area contributed by atoms with E-state index in [-0.39, 0.29) is 39.8 Å². The smallest absolute Gasteiger partial charge is 0.331 e. The molecule has 4 saturated carbocycles. The fourth-order valence-corrected chi connectivity index (χ4v) is 12.0. The van der Waals surface area contributed by atoms with Crippen LogP contribution in [0.4, 0.5) is 0 Å². The van der Waals surface area contributed by atoms with Crippen molar-refractivity contribution < 1.29 is 19.7 Å². The summed E-state index contributed by atoms with van der Waals surface area (Å²) in [6.45, 7) is 20.2. The Labute approximate surface area is 260 Å². The first-order valence-electron chi connectivity index (χ1n) is 17.1. The van der Waals surface area contributed by atoms with Gasteiger partial charge in [0.25, 0.3) is 0 Å². The van der Waals surface area contributed by atoms with E-state index >= 15 is 0 Å². The molecule has 5 aliphatic carbocycles. The summed E-state index contributed by atoms with van der Waals surface area (Å²) >= 11 is 0. The molecule has 1 aromatic carbocycles. The lowest BCUT2D eigenvalue weighted by molar-refractivity contribution is -0.197. The van der Waals surface area contributed by atoms with Gasteiger partial charge in [-0.2, -0.15) is 0 Å². The van der Waals surface area contributed by atoms with Gasteiger partial charge in [-0.3, -0.25) is 0 Å². The van der Waals surface area contributed by atoms with Gasteiger partial charge in [-0.1, -0.05) is 73.1 Å². The maximum absolute atomic E-state index is 13.0. The molecule has 0 aliphatic heterocycles. The molecule has 4 fully saturated rings. The zero-order valence-corrected chi connectivity index (χ0v) is 28.1. The number of aromatic hydroxyl groups is 2. The van der Waals surface area contributed by atoms with E-state index in [9.17, 15) is 15.0 Å². The summed E-state index contributed by atoms with van der Waals surface area (Å²) in [6.07, 6.45) is 18.1. The second kappa shape index (κ2) is 9.88. The Morgan fingerprint density at radius 2 is 1.49 bits per heavy atom. The predicted molar refractivity (Wildman–Crippen MR) is 173 cm³/mol. The SMILES string of the molecule is CC1(C)CC[C@]2(C)CC=C3[C@]4(C)CC[C@H]5C(C)(C)[C@@H](OC(=O)C=Cc6ccc(O)c(O)c6)CC[C@]5(C)[C@H]4CC[C@@]3(C)[C@@H]2C1. The highest BCUT2D eigenvalue weighted by molar-refractivity contribution is 5.87. The van der Waals surface area contributed by atoms with Crippen molar-refractivity contribution in [1.29, 1.82) is 0 Å². The van der Waals surface area contributed by atoms with Crippen molar-refractivity contribution in [2.45, 2.75) is 126 Å². The van der Waals surface area contributed by atoms with Gasteiger partial charge in [0, 0.05) is 11.5 Å². The van der Waals surface area contributed by atoms with Gasteiger partial charge in [0.1, 0.15) is 6.10 Å². The predicted octanol–water partition coefficient (Wildman–Crippen LogP) is 9.84. The fraction of sp³-hybridized carbons (Fsp3) is 0.718. The molecular weight excluding hydrogens is 532 g/mol. The number of esters is 1. The number of fused-ring (bicyclic) bond motifs is 7. The summed E-state index contributed by atoms with van der Waals surface area (Å²) in [5, 5.41) is 19.4. The first-order chi connectivity index (χ1) is 19.9. The lowest BCUT2D eigenvalue weighted by Gasteiger charge is -2.70. The molecule has 4 heteroatoms. The maximum Gasteiger partial charge on any atom is 0.331 e. The van der Waals surface area contributed by atoms with Crippen LogP contribution in [0.15, 0.2) is 35.9 Å². The van der Waals surface area contributed by atoms with Crippen LogP contribution in [0.5, 0.6) is 11.5 Å². The molecule has 1 aromatic rings. The molecule has 0 amide bonds. The number of carbonyl (C=O) groups excluding carboxylic acids is 1. The van der Waals surface area contributed by atoms with Crippen molar-refractivity contribution in [3.8, 4) is 11.5 Å². The molecule has 0 unspecified atom stereocenters. The van der Waals surface area contributed by atoms with E-state index in [0.717, 1.165) is 18.8 Å². The molecule has 0 bridgehead atoms. The quantitative estimate of drug-likeness (QED) is 0.160. The van der Waals surface area contributed by atoms with Gasteiger partial charge in [0.2, 0.25) is 0 Å². The zero-order valence-electron chi connectivity index (χ0n) is 28.1. The summed E-state index contributed by atoms with van der Waals surface area (Å²) < 4.78 is 6.18. The Kier molecular flexibility index (Phi) is 7.08. The molecule has 4 nitrogen and oxygen atoms in total. The Hall–Kier alpha value is -2.23. The number of ether oxygens (including phenoxy) is 1. The average Bonchev–Trinajstić information content (AvgIpc) is 2.91. The van der Waals surface area contributed by atoms with Crippen LogP contribution in [0.2, 0.25) is 0 Å². The first-order valence-corrected chi connectivity index (χ1v) is 17.1. The van der Waals surface area contributed by atoms with Crippen LogP contribution in [-0.2, 0) is 9.53 Å². The minimum Gasteiger partial charge on any atom is -0.504 e. The largest absolute Gasteiger partial charge is 0.504 e. The van der Waals surface area contributed by atoms with Crippen molar-refractivity contribution in [3.63, 3.8) is 0 Å². The van der Waals surface area contributed by atoms with Gasteiger partial charge in [-0.25, -0.2) is 4.79 Å². The molecule has 236 valence electrons. The van der Waals surface area contributed by atoms with E-state index in [2.05, 4.69) is 61.5 Å². The van der Waals surface area contributed by atoms with Crippen LogP contribution in [0, 0.1) is 50.2 Å². The average molecular weight is 589 g/mol. The minimum absolute atomic E-state index is 0.109. The van der Waals surface area contributed by atoms with Gasteiger partial charge in [-0.15, -0.1) is 0 Å². The second-order valence-corrected chi connectivity index (χ2v) is 17.8. The monoisotopic (exact) mass is 588 g/mol. The normalized spacial score (nSPS) is 43.0. The van der Waals surface area contributed by atoms with E-state index < -0.39 is 0 Å². The van der Waals surface area contributed by atoms with Crippen LogP contribution in [0.25, 0.3) is 6.08 Å². The first kappa shape index (κ1) is 30.8. The Balaban J connectivity index is 1.22. The number of phenols is 2. The zero-order chi connectivity index (χ0) is 31.2. The highest BCUT2D eigenvalue weighted by Gasteiger charge is 2.67. The molecule has 0 heterocycles. The van der Waals surface area contributed by atoms with Crippen molar-refractivity contribution in [2.24, 2.45) is 50.2 Å². The molecule has 43 heavy (non-hydrogen) atoms. The maximum atomic E-state index is 13.0. The summed E-state index contributed by atoms with van der Waals surface area (Å²) in [5.74, 6) is 1.24. The topological polar surface area (TPSA) is 66.8 Å². The third kappa shape index (κ3) is 4.71. The number of phenolic OH excluding ortho intramolecular Hbond substituents is 2. The Morgan fingerprint density at radius 1 is 0.814 bits per heavy atom. The summed E-state index contributed by atoms with van der Waals surface area (Å²) in [5.41, 5.74) is 4.02. The van der Waals surface area contributed by atoms with Crippen molar-refractivity contribution in [1.82, 2.24) is 0 Å². The van der Waals surface area contributed by atoms with Crippen LogP contribution >= 0.6 is 0 Å². The van der Waals surface area contributed by atoms with E-state index in [1.165, 1.54) is 69.6 Å². The number of hydrogen-bond acceptors (Lipinski definition) is 4. The Bertz CT molecular complexity index is 1350. The number of benzene rings is 1. The van der Waals surface area contributed by atoms with E-state index in [4.69, 9.17) is 4.74 Å². The summed E-state index contributed by atoms with van der Waals surface area (Å²) in [7, 11) is 0. The molecular formula is C39H56O4. The van der Waals surface area contributed by atoms with Crippen LogP contribution < -0.4 is 0 Å². The Morgan fingerprint density at radius 3 is 2.19 bits per heavy atom. The fourth-order valence-electron chi connectivity index (χ4n) is 12.0. The third-order valence-electron chi connectivity index (χ3n) is 14.4.